The molecule has 1 N–H and O–H groups in total. The number of hydrogen-bond donors (Lipinski definition) is 1. The first kappa shape index (κ1) is 18.5. The van der Waals surface area contributed by atoms with Crippen LogP contribution < -0.4 is 56.5 Å². The zero-order valence-electron chi connectivity index (χ0n) is 11.9. The number of benzene rings is 1. The Morgan fingerprint density at radius 1 is 1.41 bits per heavy atom. The van der Waals surface area contributed by atoms with E-state index in [1.165, 1.54) is 23.6 Å². The van der Waals surface area contributed by atoms with Crippen LogP contribution in [0.3, 0.4) is 0 Å². The largest absolute Gasteiger partial charge is 1.00 e. The molecule has 2 heterocycles. The molecule has 2 aliphatic heterocycles. The van der Waals surface area contributed by atoms with Crippen LogP contribution >= 0.6 is 23.4 Å². The van der Waals surface area contributed by atoms with Crippen molar-refractivity contribution >= 4 is 40.1 Å². The van der Waals surface area contributed by atoms with Crippen LogP contribution in [0.25, 0.3) is 4.91 Å². The molecule has 1 saturated heterocycles. The van der Waals surface area contributed by atoms with Crippen molar-refractivity contribution < 1.29 is 71.2 Å². The number of aliphatic hydroxyl groups excluding tert-OH is 1. The van der Waals surface area contributed by atoms with Crippen molar-refractivity contribution in [3.05, 3.63) is 40.5 Å². The number of carbonyl (C=O) groups excluding carboxylic acids is 2. The average molecular weight is 364 g/mol. The molecule has 1 amide bonds. The number of carboxylic acid groups (broad SMARTS) is 1. The molecule has 1 fully saturated rings. The summed E-state index contributed by atoms with van der Waals surface area (Å²) in [6.45, 7) is 1.53. The molecule has 2 aliphatic rings. The molecule has 22 heavy (non-hydrogen) atoms. The van der Waals surface area contributed by atoms with Crippen LogP contribution in [0.1, 0.15) is 12.5 Å². The summed E-state index contributed by atoms with van der Waals surface area (Å²) in [7, 11) is 0. The third-order valence-electron chi connectivity index (χ3n) is 3.60. The van der Waals surface area contributed by atoms with Gasteiger partial charge in [-0.25, -0.2) is 0 Å². The van der Waals surface area contributed by atoms with Gasteiger partial charge in [-0.1, -0.05) is 35.5 Å². The van der Waals surface area contributed by atoms with Gasteiger partial charge in [-0.2, -0.15) is 0 Å². The summed E-state index contributed by atoms with van der Waals surface area (Å²) in [5.41, 5.74) is 0.532. The van der Waals surface area contributed by atoms with Crippen LogP contribution in [0.5, 0.6) is 0 Å². The van der Waals surface area contributed by atoms with E-state index in [0.29, 0.717) is 15.5 Å². The van der Waals surface area contributed by atoms with E-state index in [9.17, 15) is 19.8 Å². The van der Waals surface area contributed by atoms with Crippen molar-refractivity contribution in [3.8, 4) is 0 Å². The van der Waals surface area contributed by atoms with Crippen molar-refractivity contribution in [3.63, 3.8) is 0 Å². The van der Waals surface area contributed by atoms with Crippen LogP contribution in [-0.4, -0.2) is 33.4 Å². The predicted octanol–water partition coefficient (Wildman–Crippen LogP) is -2.33. The number of amides is 1. The number of rotatable bonds is 3. The summed E-state index contributed by atoms with van der Waals surface area (Å²) >= 11 is 7.08. The van der Waals surface area contributed by atoms with E-state index in [1.807, 2.05) is 0 Å². The summed E-state index contributed by atoms with van der Waals surface area (Å²) in [5.74, 6) is -2.37. The fraction of sp³-hybridized carbons (Fsp3) is 0.286. The second-order valence-electron chi connectivity index (χ2n) is 4.96. The molecule has 8 heteroatoms. The monoisotopic (exact) mass is 363 g/mol. The maximum absolute atomic E-state index is 12.0. The van der Waals surface area contributed by atoms with Gasteiger partial charge in [0.25, 0.3) is 0 Å². The number of β-lactam (4-membered cyclic amide) rings is 1. The van der Waals surface area contributed by atoms with Crippen LogP contribution in [0.4, 0.5) is 0 Å². The van der Waals surface area contributed by atoms with Gasteiger partial charge in [0.1, 0.15) is 5.37 Å². The first-order valence-electron chi connectivity index (χ1n) is 6.31. The smallest absolute Gasteiger partial charge is 0.543 e. The Labute approximate surface area is 179 Å². The Kier molecular flexibility index (Phi) is 5.83. The van der Waals surface area contributed by atoms with Crippen LogP contribution in [0.15, 0.2) is 30.0 Å². The Bertz CT molecular complexity index is 661. The van der Waals surface area contributed by atoms with E-state index in [4.69, 9.17) is 11.6 Å². The number of halogens is 1. The molecule has 3 rings (SSSR count). The quantitative estimate of drug-likeness (QED) is 0.481. The van der Waals surface area contributed by atoms with Gasteiger partial charge in [-0.05, 0) is 24.6 Å². The van der Waals surface area contributed by atoms with E-state index < -0.39 is 23.4 Å². The van der Waals surface area contributed by atoms with Gasteiger partial charge in [0.2, 0.25) is 5.91 Å². The number of thioether (sulfide) groups is 1. The molecule has 110 valence electrons. The topological polar surface area (TPSA) is 80.7 Å². The molecule has 0 aromatic heterocycles. The predicted molar refractivity (Wildman–Crippen MR) is 76.8 cm³/mol. The summed E-state index contributed by atoms with van der Waals surface area (Å²) in [5, 5.41) is 21.2. The maximum atomic E-state index is 12.0. The molecule has 0 aliphatic carbocycles. The minimum atomic E-state index is -1.40. The maximum Gasteiger partial charge on any atom is 1.00 e. The molecule has 3 atom stereocenters. The number of carbonyl (C=O) groups is 2. The normalized spacial score (nSPS) is 24.5. The van der Waals surface area contributed by atoms with Gasteiger partial charge in [0.15, 0.2) is 0 Å². The minimum absolute atomic E-state index is 0. The van der Waals surface area contributed by atoms with E-state index in [2.05, 4.69) is 0 Å². The first-order chi connectivity index (χ1) is 9.91. The molecular formula is C14H11ClKNO4S. The van der Waals surface area contributed by atoms with Gasteiger partial charge < -0.3 is 15.0 Å². The molecule has 0 saturated carbocycles. The number of nitrogens with zero attached hydrogens (tertiary/aromatic N) is 1. The Morgan fingerprint density at radius 3 is 2.50 bits per heavy atom. The first-order valence-corrected chi connectivity index (χ1v) is 7.57. The van der Waals surface area contributed by atoms with E-state index in [1.54, 1.807) is 24.3 Å². The van der Waals surface area contributed by atoms with Gasteiger partial charge in [-0.3, -0.25) is 9.69 Å². The molecule has 1 aromatic rings. The Hall–Kier alpha value is 0.136. The van der Waals surface area contributed by atoms with Gasteiger partial charge in [-0.15, -0.1) is 0 Å². The average Bonchev–Trinajstić information content (AvgIpc) is 2.74. The zero-order chi connectivity index (χ0) is 15.3. The number of aliphatic hydroxyl groups is 1. The van der Waals surface area contributed by atoms with Gasteiger partial charge in [0.05, 0.1) is 23.7 Å². The fourth-order valence-electron chi connectivity index (χ4n) is 2.58. The van der Waals surface area contributed by atoms with Crippen molar-refractivity contribution in [1.29, 1.82) is 0 Å². The fourth-order valence-corrected chi connectivity index (χ4v) is 4.32. The third kappa shape index (κ3) is 2.93. The van der Waals surface area contributed by atoms with Gasteiger partial charge in [0, 0.05) is 9.93 Å². The molecule has 0 unspecified atom stereocenters. The summed E-state index contributed by atoms with van der Waals surface area (Å²) in [6, 6.07) is 6.70. The van der Waals surface area contributed by atoms with Crippen LogP contribution in [-0.2, 0) is 9.59 Å². The molecule has 1 aromatic carbocycles. The Morgan fingerprint density at radius 2 is 2.00 bits per heavy atom. The zero-order valence-corrected chi connectivity index (χ0v) is 16.6. The van der Waals surface area contributed by atoms with Gasteiger partial charge >= 0.3 is 51.4 Å². The standard InChI is InChI=1S/C14H12ClNO4S.K/c1-6(17)9-12(18)16-10(14(19)20)11(21-13(9)16)7-2-4-8(15)5-3-7;/h2-6,9,13,17H,1H3,(H,19,20);/q;+1/p-1/t6-,9+,13-;/m1./s1. The number of hydrogen-bond acceptors (Lipinski definition) is 5. The SMILES string of the molecule is C[C@@H](O)[C@H]1C(=O)N2C(C(=O)[O-])=C(c3ccc(Cl)cc3)S[C@H]12.[K+]. The summed E-state index contributed by atoms with van der Waals surface area (Å²) in [6.07, 6.45) is -0.821. The van der Waals surface area contributed by atoms with Crippen LogP contribution in [0, 0.1) is 5.92 Å². The second-order valence-corrected chi connectivity index (χ2v) is 6.52. The van der Waals surface area contributed by atoms with E-state index >= 15 is 0 Å². The molecule has 5 nitrogen and oxygen atoms in total. The molecule has 0 spiro atoms. The van der Waals surface area contributed by atoms with E-state index in [0.717, 1.165) is 0 Å². The van der Waals surface area contributed by atoms with Crippen molar-refractivity contribution in [2.75, 3.05) is 0 Å². The van der Waals surface area contributed by atoms with Crippen LogP contribution in [0.2, 0.25) is 5.02 Å². The van der Waals surface area contributed by atoms with Crippen molar-refractivity contribution in [1.82, 2.24) is 4.90 Å². The van der Waals surface area contributed by atoms with Crippen molar-refractivity contribution in [2.24, 2.45) is 5.92 Å². The Balaban J connectivity index is 0.00000176. The second kappa shape index (κ2) is 6.94. The summed E-state index contributed by atoms with van der Waals surface area (Å²) in [4.78, 5) is 25.1. The summed E-state index contributed by atoms with van der Waals surface area (Å²) < 4.78 is 0. The molecular weight excluding hydrogens is 353 g/mol. The molecule has 0 radical (unpaired) electrons. The van der Waals surface area contributed by atoms with Crippen molar-refractivity contribution in [2.45, 2.75) is 18.4 Å². The van der Waals surface area contributed by atoms with E-state index in [-0.39, 0.29) is 63.0 Å². The molecule has 0 bridgehead atoms. The number of carboxylic acids is 1. The third-order valence-corrected chi connectivity index (χ3v) is 5.26. The number of aliphatic carboxylic acids is 1. The number of fused-ring (bicyclic) bond motifs is 1. The minimum Gasteiger partial charge on any atom is -0.543 e.